The van der Waals surface area contributed by atoms with Crippen LogP contribution in [0.25, 0.3) is 0 Å². The van der Waals surface area contributed by atoms with Crippen molar-refractivity contribution in [1.82, 2.24) is 10.3 Å². The van der Waals surface area contributed by atoms with Crippen LogP contribution < -0.4 is 10.6 Å². The van der Waals surface area contributed by atoms with E-state index in [4.69, 9.17) is 11.6 Å². The van der Waals surface area contributed by atoms with Gasteiger partial charge in [-0.1, -0.05) is 43.1 Å². The molecule has 1 aromatic heterocycles. The van der Waals surface area contributed by atoms with Gasteiger partial charge in [0.1, 0.15) is 5.69 Å². The van der Waals surface area contributed by atoms with Crippen LogP contribution >= 0.6 is 11.6 Å². The molecule has 2 rings (SSSR count). The van der Waals surface area contributed by atoms with E-state index >= 15 is 0 Å². The lowest BCUT2D eigenvalue weighted by atomic mass is 10.2. The van der Waals surface area contributed by atoms with Crippen molar-refractivity contribution in [2.75, 3.05) is 11.9 Å². The maximum atomic E-state index is 11.8. The highest BCUT2D eigenvalue weighted by Gasteiger charge is 2.06. The lowest BCUT2D eigenvalue weighted by Crippen LogP contribution is -2.25. The molecule has 0 unspecified atom stereocenters. The monoisotopic (exact) mass is 317 g/mol. The molecule has 2 N–H and O–H groups in total. The van der Waals surface area contributed by atoms with Crippen LogP contribution in [0.4, 0.5) is 5.69 Å². The number of amides is 1. The van der Waals surface area contributed by atoms with Gasteiger partial charge in [0.25, 0.3) is 5.91 Å². The van der Waals surface area contributed by atoms with Crippen molar-refractivity contribution in [1.29, 1.82) is 0 Å². The van der Waals surface area contributed by atoms with Crippen molar-refractivity contribution < 1.29 is 4.79 Å². The standard InChI is InChI=1S/C17H20ClN3O/c1-2-3-10-19-17(22)16-9-8-14(12-21-16)20-11-13-6-4-5-7-15(13)18/h4-9,12,20H,2-3,10-11H2,1H3,(H,19,22). The topological polar surface area (TPSA) is 54.0 Å². The van der Waals surface area contributed by atoms with Crippen molar-refractivity contribution in [3.05, 3.63) is 58.9 Å². The van der Waals surface area contributed by atoms with Gasteiger partial charge in [0.15, 0.2) is 0 Å². The number of benzene rings is 1. The maximum absolute atomic E-state index is 11.8. The fraction of sp³-hybridized carbons (Fsp3) is 0.294. The molecule has 0 atom stereocenters. The van der Waals surface area contributed by atoms with E-state index in [9.17, 15) is 4.79 Å². The van der Waals surface area contributed by atoms with Gasteiger partial charge in [0.05, 0.1) is 11.9 Å². The van der Waals surface area contributed by atoms with Gasteiger partial charge in [-0.25, -0.2) is 4.98 Å². The van der Waals surface area contributed by atoms with E-state index in [1.807, 2.05) is 30.3 Å². The minimum Gasteiger partial charge on any atom is -0.380 e. The minimum absolute atomic E-state index is 0.133. The zero-order chi connectivity index (χ0) is 15.8. The van der Waals surface area contributed by atoms with Crippen LogP contribution in [0.3, 0.4) is 0 Å². The lowest BCUT2D eigenvalue weighted by molar-refractivity contribution is 0.0948. The Morgan fingerprint density at radius 1 is 1.23 bits per heavy atom. The number of carbonyl (C=O) groups excluding carboxylic acids is 1. The van der Waals surface area contributed by atoms with E-state index in [1.165, 1.54) is 0 Å². The summed E-state index contributed by atoms with van der Waals surface area (Å²) in [6, 6.07) is 11.2. The normalized spacial score (nSPS) is 10.3. The number of anilines is 1. The third-order valence-corrected chi connectivity index (χ3v) is 3.62. The molecule has 0 bridgehead atoms. The van der Waals surface area contributed by atoms with E-state index in [1.54, 1.807) is 12.3 Å². The summed E-state index contributed by atoms with van der Waals surface area (Å²) in [5.41, 5.74) is 2.30. The first-order valence-electron chi connectivity index (χ1n) is 7.42. The van der Waals surface area contributed by atoms with Gasteiger partial charge in [0.2, 0.25) is 0 Å². The molecule has 0 saturated heterocycles. The van der Waals surface area contributed by atoms with E-state index in [0.29, 0.717) is 18.8 Å². The lowest BCUT2D eigenvalue weighted by Gasteiger charge is -2.08. The fourth-order valence-electron chi connectivity index (χ4n) is 1.94. The quantitative estimate of drug-likeness (QED) is 0.762. The predicted octanol–water partition coefficient (Wildman–Crippen LogP) is 3.88. The van der Waals surface area contributed by atoms with Gasteiger partial charge >= 0.3 is 0 Å². The first-order chi connectivity index (χ1) is 10.7. The molecule has 0 aliphatic carbocycles. The van der Waals surface area contributed by atoms with Gasteiger partial charge in [-0.3, -0.25) is 4.79 Å². The zero-order valence-electron chi connectivity index (χ0n) is 12.6. The highest BCUT2D eigenvalue weighted by Crippen LogP contribution is 2.16. The highest BCUT2D eigenvalue weighted by atomic mass is 35.5. The molecule has 0 aliphatic rings. The molecule has 0 fully saturated rings. The van der Waals surface area contributed by atoms with Gasteiger partial charge < -0.3 is 10.6 Å². The summed E-state index contributed by atoms with van der Waals surface area (Å²) in [6.07, 6.45) is 3.69. The third kappa shape index (κ3) is 4.74. The largest absolute Gasteiger partial charge is 0.380 e. The second-order valence-electron chi connectivity index (χ2n) is 4.99. The van der Waals surface area contributed by atoms with E-state index in [0.717, 1.165) is 29.1 Å². The van der Waals surface area contributed by atoms with Gasteiger partial charge in [-0.15, -0.1) is 0 Å². The second-order valence-corrected chi connectivity index (χ2v) is 5.39. The first kappa shape index (κ1) is 16.3. The molecular weight excluding hydrogens is 298 g/mol. The first-order valence-corrected chi connectivity index (χ1v) is 7.80. The van der Waals surface area contributed by atoms with Crippen LogP contribution in [0.1, 0.15) is 35.8 Å². The molecule has 0 aliphatic heterocycles. The van der Waals surface area contributed by atoms with Gasteiger partial charge in [0, 0.05) is 18.1 Å². The summed E-state index contributed by atoms with van der Waals surface area (Å²) < 4.78 is 0. The van der Waals surface area contributed by atoms with Crippen LogP contribution in [0, 0.1) is 0 Å². The number of hydrogen-bond acceptors (Lipinski definition) is 3. The van der Waals surface area contributed by atoms with Crippen molar-refractivity contribution in [3.8, 4) is 0 Å². The molecule has 5 heteroatoms. The second kappa shape index (κ2) is 8.39. The van der Waals surface area contributed by atoms with Gasteiger partial charge in [-0.05, 0) is 30.2 Å². The number of hydrogen-bond donors (Lipinski definition) is 2. The molecule has 2 aromatic rings. The summed E-state index contributed by atoms with van der Waals surface area (Å²) in [7, 11) is 0. The zero-order valence-corrected chi connectivity index (χ0v) is 13.4. The summed E-state index contributed by atoms with van der Waals surface area (Å²) in [5, 5.41) is 6.82. The number of aromatic nitrogens is 1. The van der Waals surface area contributed by atoms with Crippen molar-refractivity contribution in [3.63, 3.8) is 0 Å². The molecule has 0 saturated carbocycles. The van der Waals surface area contributed by atoms with Crippen LogP contribution in [0.15, 0.2) is 42.6 Å². The average molecular weight is 318 g/mol. The Morgan fingerprint density at radius 3 is 2.73 bits per heavy atom. The van der Waals surface area contributed by atoms with E-state index in [-0.39, 0.29) is 5.91 Å². The Balaban J connectivity index is 1.89. The molecule has 1 amide bonds. The Kier molecular flexibility index (Phi) is 6.22. The molecular formula is C17H20ClN3O. The number of halogens is 1. The van der Waals surface area contributed by atoms with Crippen LogP contribution in [0.5, 0.6) is 0 Å². The van der Waals surface area contributed by atoms with E-state index < -0.39 is 0 Å². The summed E-state index contributed by atoms with van der Waals surface area (Å²) in [6.45, 7) is 3.39. The van der Waals surface area contributed by atoms with Crippen molar-refractivity contribution >= 4 is 23.2 Å². The highest BCUT2D eigenvalue weighted by molar-refractivity contribution is 6.31. The Morgan fingerprint density at radius 2 is 2.05 bits per heavy atom. The Hall–Kier alpha value is -2.07. The van der Waals surface area contributed by atoms with Crippen LogP contribution in [-0.4, -0.2) is 17.4 Å². The summed E-state index contributed by atoms with van der Waals surface area (Å²) in [5.74, 6) is -0.133. The molecule has 116 valence electrons. The van der Waals surface area contributed by atoms with Crippen LogP contribution in [0.2, 0.25) is 5.02 Å². The van der Waals surface area contributed by atoms with Gasteiger partial charge in [-0.2, -0.15) is 0 Å². The predicted molar refractivity (Wildman–Crippen MR) is 90.3 cm³/mol. The average Bonchev–Trinajstić information content (AvgIpc) is 2.55. The smallest absolute Gasteiger partial charge is 0.269 e. The fourth-order valence-corrected chi connectivity index (χ4v) is 2.14. The van der Waals surface area contributed by atoms with E-state index in [2.05, 4.69) is 22.5 Å². The number of pyridine rings is 1. The summed E-state index contributed by atoms with van der Waals surface area (Å²) >= 11 is 6.11. The number of rotatable bonds is 7. The Bertz CT molecular complexity index is 614. The molecule has 4 nitrogen and oxygen atoms in total. The molecule has 1 aromatic carbocycles. The number of unbranched alkanes of at least 4 members (excludes halogenated alkanes) is 1. The molecule has 1 heterocycles. The number of carbonyl (C=O) groups is 1. The molecule has 0 spiro atoms. The maximum Gasteiger partial charge on any atom is 0.269 e. The molecule has 0 radical (unpaired) electrons. The minimum atomic E-state index is -0.133. The SMILES string of the molecule is CCCCNC(=O)c1ccc(NCc2ccccc2Cl)cn1. The summed E-state index contributed by atoms with van der Waals surface area (Å²) in [4.78, 5) is 16.0. The Labute approximate surface area is 135 Å². The van der Waals surface area contributed by atoms with Crippen molar-refractivity contribution in [2.24, 2.45) is 0 Å². The van der Waals surface area contributed by atoms with Crippen molar-refractivity contribution in [2.45, 2.75) is 26.3 Å². The molecule has 22 heavy (non-hydrogen) atoms. The number of nitrogens with one attached hydrogen (secondary N) is 2. The van der Waals surface area contributed by atoms with Crippen LogP contribution in [-0.2, 0) is 6.54 Å². The number of nitrogens with zero attached hydrogens (tertiary/aromatic N) is 1. The third-order valence-electron chi connectivity index (χ3n) is 3.25.